The molecule has 1 rings (SSSR count). The Morgan fingerprint density at radius 2 is 0.697 bits per heavy atom. The first-order valence-electron chi connectivity index (χ1n) is 34.7. The third-order valence-corrected chi connectivity index (χ3v) is 16.3. The van der Waals surface area contributed by atoms with Gasteiger partial charge in [0.1, 0.15) is 72.2 Å². The molecule has 0 unspecified atom stereocenters. The zero-order chi connectivity index (χ0) is 75.2. The molecule has 12 atom stereocenters. The average Bonchev–Trinajstić information content (AvgIpc) is 0.882. The van der Waals surface area contributed by atoms with Crippen molar-refractivity contribution in [2.75, 3.05) is 32.7 Å². The molecule has 1 aromatic carbocycles. The number of nitrogens with one attached hydrogen (secondary N) is 12. The third-order valence-electron chi connectivity index (χ3n) is 16.3. The van der Waals surface area contributed by atoms with Crippen molar-refractivity contribution >= 4 is 76.9 Å². The van der Waals surface area contributed by atoms with Gasteiger partial charge in [0.25, 0.3) is 0 Å². The number of phenolic OH excluding ortho intramolecular Hbond substituents is 1. The molecule has 99 heavy (non-hydrogen) atoms. The Hall–Kier alpha value is -8.07. The van der Waals surface area contributed by atoms with E-state index in [0.717, 1.165) is 0 Å². The number of carboxylic acids is 1. The van der Waals surface area contributed by atoms with Crippen LogP contribution in [0, 0.1) is 29.6 Å². The van der Waals surface area contributed by atoms with Crippen molar-refractivity contribution in [3.8, 4) is 5.75 Å². The summed E-state index contributed by atoms with van der Waals surface area (Å²) in [6.45, 7) is 20.0. The second-order valence-corrected chi connectivity index (χ2v) is 27.0. The van der Waals surface area contributed by atoms with Gasteiger partial charge in [-0.2, -0.15) is 0 Å². The number of carbonyl (C=O) groups excluding carboxylic acids is 12. The van der Waals surface area contributed by atoms with Gasteiger partial charge >= 0.3 is 5.97 Å². The fourth-order valence-corrected chi connectivity index (χ4v) is 10.3. The highest BCUT2D eigenvalue weighted by atomic mass is 16.4. The second kappa shape index (κ2) is 47.1. The summed E-state index contributed by atoms with van der Waals surface area (Å²) in [5, 5.41) is 51.1. The normalized spacial score (nSPS) is 15.1. The van der Waals surface area contributed by atoms with E-state index in [1.807, 2.05) is 13.8 Å². The van der Waals surface area contributed by atoms with E-state index in [-0.39, 0.29) is 50.3 Å². The van der Waals surface area contributed by atoms with Gasteiger partial charge in [-0.3, -0.25) is 57.5 Å². The molecule has 24 N–H and O–H groups in total. The lowest BCUT2D eigenvalue weighted by Gasteiger charge is -2.30. The summed E-state index contributed by atoms with van der Waals surface area (Å²) in [5.74, 6) is -12.8. The van der Waals surface area contributed by atoms with Gasteiger partial charge in [-0.1, -0.05) is 87.8 Å². The highest BCUT2D eigenvalue weighted by Crippen LogP contribution is 2.16. The first-order chi connectivity index (χ1) is 46.5. The molecule has 32 nitrogen and oxygen atoms in total. The van der Waals surface area contributed by atoms with E-state index in [1.165, 1.54) is 38.1 Å². The summed E-state index contributed by atoms with van der Waals surface area (Å²) >= 11 is 0. The van der Waals surface area contributed by atoms with Gasteiger partial charge in [-0.05, 0) is 164 Å². The Balaban J connectivity index is 3.26. The Labute approximate surface area is 583 Å². The van der Waals surface area contributed by atoms with Crippen LogP contribution in [-0.4, -0.2) is 192 Å². The first kappa shape index (κ1) is 88.9. The van der Waals surface area contributed by atoms with Crippen LogP contribution < -0.4 is 92.5 Å². The minimum Gasteiger partial charge on any atom is -0.508 e. The van der Waals surface area contributed by atoms with Gasteiger partial charge in [0.05, 0.1) is 12.6 Å². The number of benzene rings is 1. The molecule has 0 saturated heterocycles. The van der Waals surface area contributed by atoms with Crippen molar-refractivity contribution < 1.29 is 72.5 Å². The molecule has 0 aliphatic heterocycles. The highest BCUT2D eigenvalue weighted by molar-refractivity contribution is 5.99. The second-order valence-electron chi connectivity index (χ2n) is 27.0. The lowest BCUT2D eigenvalue weighted by Crippen LogP contribution is -2.61. The minimum atomic E-state index is -1.38. The molecule has 1 aromatic rings. The molecule has 0 spiro atoms. The van der Waals surface area contributed by atoms with E-state index in [2.05, 4.69) is 63.8 Å². The van der Waals surface area contributed by atoms with E-state index in [9.17, 15) is 72.5 Å². The average molecular weight is 1400 g/mol. The minimum absolute atomic E-state index is 0.0756. The van der Waals surface area contributed by atoms with Crippen LogP contribution in [0.1, 0.15) is 172 Å². The number of aliphatic carboxylic acids is 1. The predicted octanol–water partition coefficient (Wildman–Crippen LogP) is -1.98. The van der Waals surface area contributed by atoms with Crippen LogP contribution in [0.25, 0.3) is 0 Å². The maximum Gasteiger partial charge on any atom is 0.326 e. The molecule has 0 bridgehead atoms. The van der Waals surface area contributed by atoms with Gasteiger partial charge in [-0.15, -0.1) is 0 Å². The summed E-state index contributed by atoms with van der Waals surface area (Å²) in [5.41, 5.74) is 29.5. The molecule has 0 radical (unpaired) electrons. The number of carbonyl (C=O) groups is 13. The van der Waals surface area contributed by atoms with Gasteiger partial charge in [0, 0.05) is 6.42 Å². The lowest BCUT2D eigenvalue weighted by molar-refractivity contribution is -0.143. The van der Waals surface area contributed by atoms with Crippen LogP contribution in [-0.2, 0) is 68.7 Å². The SMILES string of the molecule is CC(C)C[C@H](NC(=O)[C@@H](NC(=O)[C@H](Cc1ccc(O)cc1)NC(=O)CNC(=O)[C@H](C)NC(=O)[C@H](C)NC(=O)[C@@H](NC(=O)[C@@H](NC(=O)[C@H](CCCCN)NC(=O)[C@H](CCCCN)NC(=O)[C@H](CCCCN)NC(=O)[C@@H](N)CCCCN)C(C)C)C(C)C)C(C)C)C(=O)N[C@H](C(=O)O)C(C)C. The third kappa shape index (κ3) is 34.0. The lowest BCUT2D eigenvalue weighted by atomic mass is 9.98. The Morgan fingerprint density at radius 3 is 1.11 bits per heavy atom. The number of aromatic hydroxyl groups is 1. The molecular weight excluding hydrogens is 1280 g/mol. The molecule has 0 aliphatic rings. The largest absolute Gasteiger partial charge is 0.508 e. The van der Waals surface area contributed by atoms with Crippen LogP contribution in [0.5, 0.6) is 5.75 Å². The number of rotatable bonds is 49. The van der Waals surface area contributed by atoms with Gasteiger partial charge in [0.2, 0.25) is 70.9 Å². The van der Waals surface area contributed by atoms with Crippen molar-refractivity contribution in [3.63, 3.8) is 0 Å². The van der Waals surface area contributed by atoms with Crippen molar-refractivity contribution in [3.05, 3.63) is 29.8 Å². The molecular formula is C67H119N17O15. The van der Waals surface area contributed by atoms with Crippen LogP contribution in [0.2, 0.25) is 0 Å². The number of nitrogens with two attached hydrogens (primary N) is 5. The molecule has 0 heterocycles. The fraction of sp³-hybridized carbons (Fsp3) is 0.716. The van der Waals surface area contributed by atoms with Crippen molar-refractivity contribution in [2.24, 2.45) is 58.3 Å². The summed E-state index contributed by atoms with van der Waals surface area (Å²) in [6, 6.07) is -8.90. The zero-order valence-electron chi connectivity index (χ0n) is 60.1. The number of carboxylic acid groups (broad SMARTS) is 1. The van der Waals surface area contributed by atoms with Crippen LogP contribution in [0.3, 0.4) is 0 Å². The molecule has 562 valence electrons. The Kier molecular flexibility index (Phi) is 42.3. The van der Waals surface area contributed by atoms with E-state index < -0.39 is 180 Å². The molecule has 0 aromatic heterocycles. The van der Waals surface area contributed by atoms with Gasteiger partial charge in [-0.25, -0.2) is 4.79 Å². The van der Waals surface area contributed by atoms with E-state index >= 15 is 0 Å². The fourth-order valence-electron chi connectivity index (χ4n) is 10.3. The standard InChI is InChI=1S/C67H119N17O15/c1-36(2)33-49(62(93)84-55(40(9)10)67(98)99)80-65(96)53(38(5)6)82-63(94)50(34-43-25-27-44(85)28-26-43)76-51(86)35-73-56(87)41(11)74-57(88)42(12)75-64(95)52(37(3)4)83-66(97)54(39(7)8)81-61(92)48(24-16-20-32-71)79-60(91)47(23-15-19-31-70)78-59(90)46(22-14-18-30-69)77-58(89)45(72)21-13-17-29-68/h25-28,36-42,45-50,52-55,85H,13-24,29-35,68-72H2,1-12H3,(H,73,87)(H,74,88)(H,75,95)(H,76,86)(H,77,89)(H,78,90)(H,79,91)(H,80,96)(H,81,92)(H,82,94)(H,83,97)(H,84,93)(H,98,99)/t41-,42-,45-,46-,47-,48-,49-,50-,52-,53-,54-,55-/m0/s1. The van der Waals surface area contributed by atoms with Crippen LogP contribution in [0.4, 0.5) is 0 Å². The molecule has 32 heteroatoms. The van der Waals surface area contributed by atoms with Gasteiger partial charge < -0.3 is 103 Å². The molecule has 0 saturated carbocycles. The summed E-state index contributed by atoms with van der Waals surface area (Å²) < 4.78 is 0. The quantitative estimate of drug-likeness (QED) is 0.0314. The number of unbranched alkanes of at least 4 members (excludes halogenated alkanes) is 4. The predicted molar refractivity (Wildman–Crippen MR) is 373 cm³/mol. The van der Waals surface area contributed by atoms with E-state index in [0.29, 0.717) is 83.0 Å². The maximum atomic E-state index is 14.3. The van der Waals surface area contributed by atoms with Crippen LogP contribution >= 0.6 is 0 Å². The first-order valence-corrected chi connectivity index (χ1v) is 34.7. The summed E-state index contributed by atoms with van der Waals surface area (Å²) in [6.07, 6.45) is 4.78. The smallest absolute Gasteiger partial charge is 0.326 e. The molecule has 12 amide bonds. The van der Waals surface area contributed by atoms with E-state index in [1.54, 1.807) is 55.4 Å². The number of phenols is 1. The van der Waals surface area contributed by atoms with Crippen LogP contribution in [0.15, 0.2) is 24.3 Å². The summed E-state index contributed by atoms with van der Waals surface area (Å²) in [4.78, 5) is 177. The maximum absolute atomic E-state index is 14.3. The Bertz CT molecular complexity index is 2750. The zero-order valence-corrected chi connectivity index (χ0v) is 60.1. The molecule has 0 aliphatic carbocycles. The number of amides is 12. The number of hydrogen-bond donors (Lipinski definition) is 19. The Morgan fingerprint density at radius 1 is 0.364 bits per heavy atom. The van der Waals surface area contributed by atoms with Gasteiger partial charge in [0.15, 0.2) is 0 Å². The van der Waals surface area contributed by atoms with Crippen molar-refractivity contribution in [1.82, 2.24) is 63.8 Å². The van der Waals surface area contributed by atoms with Crippen molar-refractivity contribution in [1.29, 1.82) is 0 Å². The number of hydrogen-bond acceptors (Lipinski definition) is 19. The highest BCUT2D eigenvalue weighted by Gasteiger charge is 2.38. The summed E-state index contributed by atoms with van der Waals surface area (Å²) in [7, 11) is 0. The molecule has 0 fully saturated rings. The van der Waals surface area contributed by atoms with E-state index in [4.69, 9.17) is 28.7 Å². The topological polar surface area (TPSA) is 537 Å². The van der Waals surface area contributed by atoms with Crippen molar-refractivity contribution in [2.45, 2.75) is 245 Å². The monoisotopic (exact) mass is 1400 g/mol.